The lowest BCUT2D eigenvalue weighted by atomic mass is 9.92. The van der Waals surface area contributed by atoms with E-state index in [2.05, 4.69) is 121 Å². The monoisotopic (exact) mass is 432 g/mol. The van der Waals surface area contributed by atoms with Crippen molar-refractivity contribution in [2.75, 3.05) is 0 Å². The van der Waals surface area contributed by atoms with E-state index in [0.717, 1.165) is 43.6 Å². The van der Waals surface area contributed by atoms with Gasteiger partial charge in [-0.25, -0.2) is 9.97 Å². The van der Waals surface area contributed by atoms with Crippen LogP contribution in [0.15, 0.2) is 121 Å². The third-order valence-corrected chi connectivity index (χ3v) is 6.61. The minimum Gasteiger partial charge on any atom is -0.248 e. The number of fused-ring (bicyclic) bond motifs is 4. The van der Waals surface area contributed by atoms with Crippen molar-refractivity contribution in [1.29, 1.82) is 0 Å². The van der Waals surface area contributed by atoms with Crippen LogP contribution in [0.2, 0.25) is 0 Å². The van der Waals surface area contributed by atoms with Gasteiger partial charge in [0, 0.05) is 32.7 Å². The number of para-hydroxylation sites is 2. The maximum absolute atomic E-state index is 5.10. The second kappa shape index (κ2) is 7.50. The van der Waals surface area contributed by atoms with E-state index in [1.165, 1.54) is 22.3 Å². The summed E-state index contributed by atoms with van der Waals surface area (Å²) in [5.41, 5.74) is 8.77. The number of hydrogen-bond acceptors (Lipinski definition) is 2. The highest BCUT2D eigenvalue weighted by Gasteiger charge is 2.16. The SMILES string of the molecule is c1ccc(-c2c3ccccc3nc3cc4c(-c5ccccc5)c5ccccc5nc4cc23)cc1. The molecule has 0 N–H and O–H groups in total. The number of aromatic nitrogens is 2. The number of rotatable bonds is 2. The molecule has 0 atom stereocenters. The van der Waals surface area contributed by atoms with Gasteiger partial charge in [-0.05, 0) is 35.4 Å². The van der Waals surface area contributed by atoms with Gasteiger partial charge in [0.2, 0.25) is 0 Å². The molecule has 2 heterocycles. The molecule has 2 nitrogen and oxygen atoms in total. The molecule has 0 aliphatic carbocycles. The molecule has 0 aliphatic heterocycles. The Morgan fingerprint density at radius 1 is 0.324 bits per heavy atom. The van der Waals surface area contributed by atoms with Gasteiger partial charge in [-0.15, -0.1) is 0 Å². The molecular weight excluding hydrogens is 412 g/mol. The summed E-state index contributed by atoms with van der Waals surface area (Å²) in [5, 5.41) is 4.56. The lowest BCUT2D eigenvalue weighted by molar-refractivity contribution is 1.47. The molecule has 0 amide bonds. The summed E-state index contributed by atoms with van der Waals surface area (Å²) in [6.45, 7) is 0. The number of pyridine rings is 2. The lowest BCUT2D eigenvalue weighted by Crippen LogP contribution is -1.93. The summed E-state index contributed by atoms with van der Waals surface area (Å²) < 4.78 is 0. The van der Waals surface area contributed by atoms with Crippen LogP contribution in [0.25, 0.3) is 65.9 Å². The molecule has 2 aromatic heterocycles. The average Bonchev–Trinajstić information content (AvgIpc) is 2.90. The molecule has 2 heteroatoms. The van der Waals surface area contributed by atoms with Gasteiger partial charge in [0.25, 0.3) is 0 Å². The van der Waals surface area contributed by atoms with Crippen molar-refractivity contribution in [2.45, 2.75) is 0 Å². The van der Waals surface area contributed by atoms with Crippen LogP contribution in [0.5, 0.6) is 0 Å². The molecule has 7 rings (SSSR count). The van der Waals surface area contributed by atoms with Crippen molar-refractivity contribution < 1.29 is 0 Å². The Bertz CT molecular complexity index is 1700. The molecule has 0 fully saturated rings. The van der Waals surface area contributed by atoms with Crippen LogP contribution in [-0.2, 0) is 0 Å². The van der Waals surface area contributed by atoms with Gasteiger partial charge < -0.3 is 0 Å². The first-order valence-electron chi connectivity index (χ1n) is 11.5. The molecular formula is C32H20N2. The van der Waals surface area contributed by atoms with E-state index in [1.54, 1.807) is 0 Å². The smallest absolute Gasteiger partial charge is 0.0723 e. The zero-order valence-corrected chi connectivity index (χ0v) is 18.4. The first-order valence-corrected chi connectivity index (χ1v) is 11.5. The maximum atomic E-state index is 5.10. The van der Waals surface area contributed by atoms with E-state index in [4.69, 9.17) is 9.97 Å². The van der Waals surface area contributed by atoms with Crippen LogP contribution in [0, 0.1) is 0 Å². The van der Waals surface area contributed by atoms with Crippen molar-refractivity contribution >= 4 is 43.6 Å². The Balaban J connectivity index is 1.69. The van der Waals surface area contributed by atoms with E-state index in [0.29, 0.717) is 0 Å². The quantitative estimate of drug-likeness (QED) is 0.256. The summed E-state index contributed by atoms with van der Waals surface area (Å²) in [7, 11) is 0. The molecule has 158 valence electrons. The molecule has 0 spiro atoms. The molecule has 0 saturated carbocycles. The largest absolute Gasteiger partial charge is 0.248 e. The fraction of sp³-hybridized carbons (Fsp3) is 0. The third-order valence-electron chi connectivity index (χ3n) is 6.61. The molecule has 7 aromatic rings. The second-order valence-corrected chi connectivity index (χ2v) is 8.63. The van der Waals surface area contributed by atoms with E-state index in [1.807, 2.05) is 0 Å². The first-order chi connectivity index (χ1) is 16.9. The maximum Gasteiger partial charge on any atom is 0.0723 e. The Kier molecular flexibility index (Phi) is 4.18. The van der Waals surface area contributed by atoms with Crippen molar-refractivity contribution in [2.24, 2.45) is 0 Å². The molecule has 0 radical (unpaired) electrons. The fourth-order valence-electron chi connectivity index (χ4n) is 5.11. The van der Waals surface area contributed by atoms with Gasteiger partial charge >= 0.3 is 0 Å². The minimum atomic E-state index is 0.985. The number of hydrogen-bond donors (Lipinski definition) is 0. The zero-order valence-electron chi connectivity index (χ0n) is 18.4. The summed E-state index contributed by atoms with van der Waals surface area (Å²) >= 11 is 0. The highest BCUT2D eigenvalue weighted by atomic mass is 14.7. The zero-order chi connectivity index (χ0) is 22.5. The van der Waals surface area contributed by atoms with Crippen LogP contribution < -0.4 is 0 Å². The van der Waals surface area contributed by atoms with Crippen molar-refractivity contribution in [3.05, 3.63) is 121 Å². The molecule has 0 bridgehead atoms. The number of nitrogens with zero attached hydrogens (tertiary/aromatic N) is 2. The first kappa shape index (κ1) is 19.0. The number of benzene rings is 5. The van der Waals surface area contributed by atoms with Gasteiger partial charge in [-0.2, -0.15) is 0 Å². The average molecular weight is 433 g/mol. The lowest BCUT2D eigenvalue weighted by Gasteiger charge is -2.15. The van der Waals surface area contributed by atoms with Gasteiger partial charge in [0.05, 0.1) is 22.1 Å². The highest BCUT2D eigenvalue weighted by Crippen LogP contribution is 2.40. The van der Waals surface area contributed by atoms with Crippen LogP contribution >= 0.6 is 0 Å². The van der Waals surface area contributed by atoms with Gasteiger partial charge in [0.1, 0.15) is 0 Å². The summed E-state index contributed by atoms with van der Waals surface area (Å²) in [4.78, 5) is 10.2. The molecule has 0 unspecified atom stereocenters. The topological polar surface area (TPSA) is 25.8 Å². The summed E-state index contributed by atoms with van der Waals surface area (Å²) in [5.74, 6) is 0. The van der Waals surface area contributed by atoms with Gasteiger partial charge in [-0.1, -0.05) is 97.1 Å². The molecule has 5 aromatic carbocycles. The Morgan fingerprint density at radius 2 is 0.706 bits per heavy atom. The summed E-state index contributed by atoms with van der Waals surface area (Å²) in [6.07, 6.45) is 0. The van der Waals surface area contributed by atoms with Gasteiger partial charge in [-0.3, -0.25) is 0 Å². The van der Waals surface area contributed by atoms with E-state index >= 15 is 0 Å². The van der Waals surface area contributed by atoms with Crippen LogP contribution in [0.3, 0.4) is 0 Å². The fourth-order valence-corrected chi connectivity index (χ4v) is 5.11. The Hall–Kier alpha value is -4.56. The van der Waals surface area contributed by atoms with Crippen LogP contribution in [0.4, 0.5) is 0 Å². The van der Waals surface area contributed by atoms with Gasteiger partial charge in [0.15, 0.2) is 0 Å². The summed E-state index contributed by atoms with van der Waals surface area (Å²) in [6, 6.07) is 42.5. The standard InChI is InChI=1S/C32H20N2/c1-3-11-21(12-4-1)31-23-15-7-9-17-27(23)33-29-20-26-30(19-25(29)31)34-28-18-10-8-16-24(28)32(26)22-13-5-2-6-14-22/h1-20H. The van der Waals surface area contributed by atoms with Crippen molar-refractivity contribution in [3.63, 3.8) is 0 Å². The predicted octanol–water partition coefficient (Wildman–Crippen LogP) is 8.42. The van der Waals surface area contributed by atoms with E-state index in [-0.39, 0.29) is 0 Å². The molecule has 0 saturated heterocycles. The third kappa shape index (κ3) is 2.89. The van der Waals surface area contributed by atoms with Crippen molar-refractivity contribution in [1.82, 2.24) is 9.97 Å². The Labute approximate surface area is 197 Å². The predicted molar refractivity (Wildman–Crippen MR) is 143 cm³/mol. The molecule has 34 heavy (non-hydrogen) atoms. The highest BCUT2D eigenvalue weighted by molar-refractivity contribution is 6.17. The van der Waals surface area contributed by atoms with E-state index in [9.17, 15) is 0 Å². The van der Waals surface area contributed by atoms with Crippen LogP contribution in [0.1, 0.15) is 0 Å². The molecule has 0 aliphatic rings. The van der Waals surface area contributed by atoms with E-state index < -0.39 is 0 Å². The van der Waals surface area contributed by atoms with Crippen LogP contribution in [-0.4, -0.2) is 9.97 Å². The second-order valence-electron chi connectivity index (χ2n) is 8.63. The Morgan fingerprint density at radius 3 is 1.15 bits per heavy atom. The normalized spacial score (nSPS) is 11.5. The van der Waals surface area contributed by atoms with Crippen molar-refractivity contribution in [3.8, 4) is 22.3 Å². The minimum absolute atomic E-state index is 0.985.